The predicted molar refractivity (Wildman–Crippen MR) is 44.3 cm³/mol. The van der Waals surface area contributed by atoms with Crippen LogP contribution in [0.5, 0.6) is 0 Å². The van der Waals surface area contributed by atoms with Crippen LogP contribution in [0.25, 0.3) is 0 Å². The minimum absolute atomic E-state index is 0.455. The van der Waals surface area contributed by atoms with Crippen molar-refractivity contribution < 1.29 is 4.79 Å². The van der Waals surface area contributed by atoms with Gasteiger partial charge >= 0.3 is 0 Å². The Morgan fingerprint density at radius 1 is 1.18 bits per heavy atom. The van der Waals surface area contributed by atoms with Crippen molar-refractivity contribution >= 4 is 5.78 Å². The number of allylic oxidation sites excluding steroid dienone is 2. The second-order valence-electron chi connectivity index (χ2n) is 3.63. The number of hydrogen-bond acceptors (Lipinski definition) is 1. The molecule has 0 aromatic heterocycles. The van der Waals surface area contributed by atoms with E-state index in [0.29, 0.717) is 5.78 Å². The number of ketones is 1. The summed E-state index contributed by atoms with van der Waals surface area (Å²) in [7, 11) is 0. The highest BCUT2D eigenvalue weighted by Gasteiger charge is 2.26. The summed E-state index contributed by atoms with van der Waals surface area (Å²) in [5, 5.41) is 0. The molecule has 0 radical (unpaired) electrons. The largest absolute Gasteiger partial charge is 0.300 e. The van der Waals surface area contributed by atoms with Gasteiger partial charge in [-0.2, -0.15) is 0 Å². The third kappa shape index (κ3) is 1.70. The highest BCUT2D eigenvalue weighted by Crippen LogP contribution is 2.39. The fraction of sp³-hybridized carbons (Fsp3) is 0.700. The quantitative estimate of drug-likeness (QED) is 0.525. The summed E-state index contributed by atoms with van der Waals surface area (Å²) in [6, 6.07) is 0. The standard InChI is InChI=1S/C10H14O/c11-10-3-1-2-8(6-7-10)9-4-5-9/h2,9H,1,3-7H2. The van der Waals surface area contributed by atoms with E-state index in [1.165, 1.54) is 12.8 Å². The molecule has 0 N–H and O–H groups in total. The minimum Gasteiger partial charge on any atom is -0.300 e. The molecule has 1 heteroatoms. The van der Waals surface area contributed by atoms with Gasteiger partial charge in [-0.25, -0.2) is 0 Å². The van der Waals surface area contributed by atoms with Gasteiger partial charge in [0.1, 0.15) is 5.78 Å². The van der Waals surface area contributed by atoms with Crippen molar-refractivity contribution in [3.63, 3.8) is 0 Å². The molecular formula is C10H14O. The molecule has 1 saturated carbocycles. The van der Waals surface area contributed by atoms with Gasteiger partial charge in [0.25, 0.3) is 0 Å². The smallest absolute Gasteiger partial charge is 0.133 e. The predicted octanol–water partition coefficient (Wildman–Crippen LogP) is 2.47. The lowest BCUT2D eigenvalue weighted by atomic mass is 10.1. The Kier molecular flexibility index (Phi) is 1.80. The third-order valence-corrected chi connectivity index (χ3v) is 2.62. The van der Waals surface area contributed by atoms with Crippen LogP contribution in [0.1, 0.15) is 38.5 Å². The van der Waals surface area contributed by atoms with E-state index < -0.39 is 0 Å². The summed E-state index contributed by atoms with van der Waals surface area (Å²) in [6.07, 6.45) is 8.72. The molecule has 0 heterocycles. The van der Waals surface area contributed by atoms with Crippen molar-refractivity contribution in [3.05, 3.63) is 11.6 Å². The molecule has 2 rings (SSSR count). The lowest BCUT2D eigenvalue weighted by molar-refractivity contribution is -0.118. The van der Waals surface area contributed by atoms with Gasteiger partial charge in [0.2, 0.25) is 0 Å². The van der Waals surface area contributed by atoms with E-state index >= 15 is 0 Å². The fourth-order valence-corrected chi connectivity index (χ4v) is 1.75. The lowest BCUT2D eigenvalue weighted by Crippen LogP contribution is -1.94. The lowest BCUT2D eigenvalue weighted by Gasteiger charge is -1.99. The van der Waals surface area contributed by atoms with Crippen LogP contribution in [0.4, 0.5) is 0 Å². The Labute approximate surface area is 67.5 Å². The molecule has 0 unspecified atom stereocenters. The monoisotopic (exact) mass is 150 g/mol. The topological polar surface area (TPSA) is 17.1 Å². The molecule has 0 bridgehead atoms. The highest BCUT2D eigenvalue weighted by atomic mass is 16.1. The maximum absolute atomic E-state index is 11.0. The Balaban J connectivity index is 1.98. The maximum Gasteiger partial charge on any atom is 0.133 e. The molecule has 0 aromatic rings. The normalized spacial score (nSPS) is 26.2. The van der Waals surface area contributed by atoms with Crippen LogP contribution in [0, 0.1) is 5.92 Å². The van der Waals surface area contributed by atoms with Gasteiger partial charge in [-0.05, 0) is 31.6 Å². The van der Waals surface area contributed by atoms with E-state index in [-0.39, 0.29) is 0 Å². The van der Waals surface area contributed by atoms with Crippen LogP contribution in [0.3, 0.4) is 0 Å². The first-order valence-electron chi connectivity index (χ1n) is 4.57. The molecule has 11 heavy (non-hydrogen) atoms. The molecule has 0 aromatic carbocycles. The summed E-state index contributed by atoms with van der Waals surface area (Å²) in [4.78, 5) is 11.0. The van der Waals surface area contributed by atoms with Crippen LogP contribution in [-0.4, -0.2) is 5.78 Å². The average molecular weight is 150 g/mol. The number of rotatable bonds is 1. The minimum atomic E-state index is 0.455. The molecule has 60 valence electrons. The van der Waals surface area contributed by atoms with Gasteiger partial charge in [0.05, 0.1) is 0 Å². The molecule has 0 aliphatic heterocycles. The first-order valence-corrected chi connectivity index (χ1v) is 4.57. The Morgan fingerprint density at radius 3 is 2.73 bits per heavy atom. The molecule has 2 aliphatic carbocycles. The van der Waals surface area contributed by atoms with Gasteiger partial charge in [-0.1, -0.05) is 11.6 Å². The molecular weight excluding hydrogens is 136 g/mol. The van der Waals surface area contributed by atoms with Gasteiger partial charge < -0.3 is 0 Å². The third-order valence-electron chi connectivity index (χ3n) is 2.62. The summed E-state index contributed by atoms with van der Waals surface area (Å²) >= 11 is 0. The van der Waals surface area contributed by atoms with Crippen molar-refractivity contribution in [1.82, 2.24) is 0 Å². The second kappa shape index (κ2) is 2.80. The summed E-state index contributed by atoms with van der Waals surface area (Å²) in [5.41, 5.74) is 1.58. The zero-order valence-electron chi connectivity index (χ0n) is 6.81. The molecule has 0 spiro atoms. The van der Waals surface area contributed by atoms with Crippen molar-refractivity contribution in [2.45, 2.75) is 38.5 Å². The molecule has 1 fully saturated rings. The highest BCUT2D eigenvalue weighted by molar-refractivity contribution is 5.79. The molecule has 1 nitrogen and oxygen atoms in total. The summed E-state index contributed by atoms with van der Waals surface area (Å²) in [6.45, 7) is 0. The SMILES string of the molecule is O=C1CCC=C(C2CC2)CC1. The zero-order chi connectivity index (χ0) is 7.68. The zero-order valence-corrected chi connectivity index (χ0v) is 6.81. The van der Waals surface area contributed by atoms with Crippen LogP contribution in [0.15, 0.2) is 11.6 Å². The maximum atomic E-state index is 11.0. The van der Waals surface area contributed by atoms with Gasteiger partial charge in [0, 0.05) is 12.8 Å². The van der Waals surface area contributed by atoms with Crippen molar-refractivity contribution in [2.24, 2.45) is 5.92 Å². The van der Waals surface area contributed by atoms with E-state index in [4.69, 9.17) is 0 Å². The van der Waals surface area contributed by atoms with E-state index in [0.717, 1.165) is 31.6 Å². The van der Waals surface area contributed by atoms with Gasteiger partial charge in [-0.15, -0.1) is 0 Å². The number of Topliss-reactive ketones (excluding diaryl/α,β-unsaturated/α-hetero) is 1. The number of hydrogen-bond donors (Lipinski definition) is 0. The Hall–Kier alpha value is -0.590. The summed E-state index contributed by atoms with van der Waals surface area (Å²) in [5.74, 6) is 1.33. The van der Waals surface area contributed by atoms with E-state index in [1.807, 2.05) is 0 Å². The van der Waals surface area contributed by atoms with Crippen molar-refractivity contribution in [3.8, 4) is 0 Å². The molecule has 2 aliphatic rings. The van der Waals surface area contributed by atoms with Crippen LogP contribution >= 0.6 is 0 Å². The average Bonchev–Trinajstić information content (AvgIpc) is 2.73. The first kappa shape index (κ1) is 7.08. The van der Waals surface area contributed by atoms with Crippen LogP contribution in [0.2, 0.25) is 0 Å². The fourth-order valence-electron chi connectivity index (χ4n) is 1.75. The molecule has 0 saturated heterocycles. The van der Waals surface area contributed by atoms with E-state index in [2.05, 4.69) is 6.08 Å². The molecule has 0 atom stereocenters. The van der Waals surface area contributed by atoms with E-state index in [1.54, 1.807) is 5.57 Å². The van der Waals surface area contributed by atoms with Crippen LogP contribution in [-0.2, 0) is 4.79 Å². The Morgan fingerprint density at radius 2 is 2.00 bits per heavy atom. The van der Waals surface area contributed by atoms with Gasteiger partial charge in [0.15, 0.2) is 0 Å². The second-order valence-corrected chi connectivity index (χ2v) is 3.63. The Bertz CT molecular complexity index is 199. The van der Waals surface area contributed by atoms with Gasteiger partial charge in [-0.3, -0.25) is 4.79 Å². The number of carbonyl (C=O) groups is 1. The summed E-state index contributed by atoms with van der Waals surface area (Å²) < 4.78 is 0. The number of carbonyl (C=O) groups excluding carboxylic acids is 1. The van der Waals surface area contributed by atoms with Crippen LogP contribution < -0.4 is 0 Å². The van der Waals surface area contributed by atoms with Crippen molar-refractivity contribution in [2.75, 3.05) is 0 Å². The molecule has 0 amide bonds. The first-order chi connectivity index (χ1) is 5.36. The van der Waals surface area contributed by atoms with Crippen molar-refractivity contribution in [1.29, 1.82) is 0 Å². The van der Waals surface area contributed by atoms with E-state index in [9.17, 15) is 4.79 Å².